The van der Waals surface area contributed by atoms with E-state index in [0.29, 0.717) is 5.56 Å². The van der Waals surface area contributed by atoms with E-state index >= 15 is 0 Å². The van der Waals surface area contributed by atoms with Gasteiger partial charge in [-0.15, -0.1) is 0 Å². The third-order valence-electron chi connectivity index (χ3n) is 3.33. The molecule has 0 saturated heterocycles. The first-order valence-electron chi connectivity index (χ1n) is 6.64. The van der Waals surface area contributed by atoms with Crippen LogP contribution in [0.2, 0.25) is 0 Å². The highest BCUT2D eigenvalue weighted by Gasteiger charge is 2.31. The highest BCUT2D eigenvalue weighted by atomic mass is 16.6. The number of carbonyl (C=O) groups excluding carboxylic acids is 1. The van der Waals surface area contributed by atoms with Crippen LogP contribution < -0.4 is 0 Å². The Labute approximate surface area is 130 Å². The molecule has 2 aromatic carbocycles. The molecule has 0 aliphatic carbocycles. The van der Waals surface area contributed by atoms with Gasteiger partial charge in [0.1, 0.15) is 11.3 Å². The van der Waals surface area contributed by atoms with Gasteiger partial charge in [0.25, 0.3) is 0 Å². The van der Waals surface area contributed by atoms with E-state index in [1.54, 1.807) is 12.1 Å². The van der Waals surface area contributed by atoms with Crippen molar-refractivity contribution in [3.05, 3.63) is 65.1 Å². The number of ether oxygens (including phenoxy) is 1. The fraction of sp³-hybridized carbons (Fsp3) is 0. The zero-order chi connectivity index (χ0) is 16.6. The van der Waals surface area contributed by atoms with Gasteiger partial charge < -0.3 is 25.2 Å². The van der Waals surface area contributed by atoms with Crippen LogP contribution in [0.3, 0.4) is 0 Å². The van der Waals surface area contributed by atoms with E-state index in [1.807, 2.05) is 0 Å². The molecule has 3 rings (SSSR count). The second-order valence-electron chi connectivity index (χ2n) is 4.92. The summed E-state index contributed by atoms with van der Waals surface area (Å²) in [6.45, 7) is 0. The van der Waals surface area contributed by atoms with Crippen molar-refractivity contribution in [3.8, 4) is 17.2 Å². The Hall–Kier alpha value is -3.41. The predicted octanol–water partition coefficient (Wildman–Crippen LogP) is 2.67. The monoisotopic (exact) mass is 312 g/mol. The topological polar surface area (TPSA) is 107 Å². The van der Waals surface area contributed by atoms with Crippen molar-refractivity contribution in [1.29, 1.82) is 0 Å². The number of aromatic hydroxyl groups is 3. The number of benzene rings is 2. The van der Waals surface area contributed by atoms with E-state index in [2.05, 4.69) is 0 Å². The molecule has 0 radical (unpaired) electrons. The van der Waals surface area contributed by atoms with Gasteiger partial charge in [-0.25, -0.2) is 4.79 Å². The maximum Gasteiger partial charge on any atom is 0.348 e. The van der Waals surface area contributed by atoms with E-state index in [1.165, 1.54) is 30.3 Å². The summed E-state index contributed by atoms with van der Waals surface area (Å²) in [6.07, 6.45) is 1.44. The van der Waals surface area contributed by atoms with Gasteiger partial charge in [-0.1, -0.05) is 18.2 Å². The number of hydrogen-bond donors (Lipinski definition) is 4. The van der Waals surface area contributed by atoms with Crippen molar-refractivity contribution in [2.75, 3.05) is 0 Å². The first-order valence-corrected chi connectivity index (χ1v) is 6.64. The molecule has 4 N–H and O–H groups in total. The summed E-state index contributed by atoms with van der Waals surface area (Å²) in [6, 6.07) is 9.85. The van der Waals surface area contributed by atoms with Crippen molar-refractivity contribution >= 4 is 17.6 Å². The highest BCUT2D eigenvalue weighted by molar-refractivity contribution is 6.21. The number of aliphatic hydroxyl groups is 1. The molecule has 1 heterocycles. The van der Waals surface area contributed by atoms with Gasteiger partial charge in [-0.05, 0) is 41.5 Å². The molecular formula is C17H12O6. The van der Waals surface area contributed by atoms with E-state index in [0.717, 1.165) is 6.07 Å². The molecule has 0 aromatic heterocycles. The first kappa shape index (κ1) is 14.5. The molecule has 2 aromatic rings. The van der Waals surface area contributed by atoms with Crippen LogP contribution in [0.5, 0.6) is 17.2 Å². The Morgan fingerprint density at radius 2 is 1.57 bits per heavy atom. The van der Waals surface area contributed by atoms with Gasteiger partial charge in [-0.3, -0.25) is 0 Å². The van der Waals surface area contributed by atoms with Crippen molar-refractivity contribution in [1.82, 2.24) is 0 Å². The lowest BCUT2D eigenvalue weighted by Crippen LogP contribution is -1.98. The Balaban J connectivity index is 2.03. The number of esters is 1. The molecular weight excluding hydrogens is 300 g/mol. The Morgan fingerprint density at radius 3 is 2.22 bits per heavy atom. The molecule has 1 aliphatic heterocycles. The van der Waals surface area contributed by atoms with Crippen LogP contribution in [-0.4, -0.2) is 26.4 Å². The third kappa shape index (κ3) is 2.69. The molecule has 6 nitrogen and oxygen atoms in total. The van der Waals surface area contributed by atoms with Crippen molar-refractivity contribution < 1.29 is 30.0 Å². The van der Waals surface area contributed by atoms with Crippen LogP contribution in [0.4, 0.5) is 0 Å². The van der Waals surface area contributed by atoms with Crippen LogP contribution >= 0.6 is 0 Å². The molecule has 116 valence electrons. The molecule has 23 heavy (non-hydrogen) atoms. The maximum atomic E-state index is 12.0. The molecule has 0 unspecified atom stereocenters. The number of carbonyl (C=O) groups is 1. The molecule has 0 atom stereocenters. The lowest BCUT2D eigenvalue weighted by molar-refractivity contribution is -0.131. The fourth-order valence-electron chi connectivity index (χ4n) is 2.17. The summed E-state index contributed by atoms with van der Waals surface area (Å²) < 4.78 is 5.04. The van der Waals surface area contributed by atoms with E-state index < -0.39 is 11.7 Å². The fourth-order valence-corrected chi connectivity index (χ4v) is 2.17. The van der Waals surface area contributed by atoms with Gasteiger partial charge in [0.2, 0.25) is 0 Å². The van der Waals surface area contributed by atoms with E-state index in [4.69, 9.17) is 4.74 Å². The Kier molecular flexibility index (Phi) is 3.42. The van der Waals surface area contributed by atoms with Gasteiger partial charge in [0.15, 0.2) is 23.0 Å². The number of aliphatic hydroxyl groups excluding tert-OH is 1. The molecule has 0 saturated carbocycles. The highest BCUT2D eigenvalue weighted by Crippen LogP contribution is 2.36. The summed E-state index contributed by atoms with van der Waals surface area (Å²) in [5.41, 5.74) is 0.731. The number of phenols is 3. The summed E-state index contributed by atoms with van der Waals surface area (Å²) >= 11 is 0. The van der Waals surface area contributed by atoms with Gasteiger partial charge in [0, 0.05) is 0 Å². The van der Waals surface area contributed by atoms with E-state index in [-0.39, 0.29) is 34.2 Å². The largest absolute Gasteiger partial charge is 0.508 e. The Morgan fingerprint density at radius 1 is 0.870 bits per heavy atom. The first-order chi connectivity index (χ1) is 11.0. The standard InChI is InChI=1S/C17H12O6/c18-11-4-1-9(2-5-11)7-14-16(21)15(17(22)23-14)10-3-6-12(19)13(20)8-10/h1-8,18-21H/b14-7-. The summed E-state index contributed by atoms with van der Waals surface area (Å²) in [4.78, 5) is 12.0. The van der Waals surface area contributed by atoms with Gasteiger partial charge in [0.05, 0.1) is 0 Å². The predicted molar refractivity (Wildman–Crippen MR) is 81.5 cm³/mol. The molecule has 0 bridgehead atoms. The second kappa shape index (κ2) is 5.42. The Bertz CT molecular complexity index is 846. The van der Waals surface area contributed by atoms with Crippen LogP contribution in [0.15, 0.2) is 54.0 Å². The van der Waals surface area contributed by atoms with Crippen LogP contribution in [-0.2, 0) is 9.53 Å². The minimum atomic E-state index is -0.766. The van der Waals surface area contributed by atoms with Gasteiger partial charge in [-0.2, -0.15) is 0 Å². The van der Waals surface area contributed by atoms with Crippen LogP contribution in [0.25, 0.3) is 11.6 Å². The summed E-state index contributed by atoms with van der Waals surface area (Å²) in [7, 11) is 0. The van der Waals surface area contributed by atoms with Crippen LogP contribution in [0, 0.1) is 0 Å². The number of rotatable bonds is 2. The average Bonchev–Trinajstić information content (AvgIpc) is 2.79. The van der Waals surface area contributed by atoms with Crippen molar-refractivity contribution in [3.63, 3.8) is 0 Å². The molecule has 0 spiro atoms. The van der Waals surface area contributed by atoms with Crippen molar-refractivity contribution in [2.45, 2.75) is 0 Å². The van der Waals surface area contributed by atoms with Gasteiger partial charge >= 0.3 is 5.97 Å². The number of hydrogen-bond acceptors (Lipinski definition) is 6. The number of phenolic OH excluding ortho intramolecular Hbond substituents is 3. The van der Waals surface area contributed by atoms with E-state index in [9.17, 15) is 25.2 Å². The van der Waals surface area contributed by atoms with Crippen molar-refractivity contribution in [2.24, 2.45) is 0 Å². The normalized spacial score (nSPS) is 16.0. The lowest BCUT2D eigenvalue weighted by atomic mass is 10.0. The summed E-state index contributed by atoms with van der Waals surface area (Å²) in [5.74, 6) is -1.82. The average molecular weight is 312 g/mol. The lowest BCUT2D eigenvalue weighted by Gasteiger charge is -2.02. The zero-order valence-corrected chi connectivity index (χ0v) is 11.7. The molecule has 1 aliphatic rings. The SMILES string of the molecule is O=C1O/C(=C\c2ccc(O)cc2)C(O)=C1c1ccc(O)c(O)c1. The minimum Gasteiger partial charge on any atom is -0.508 e. The maximum absolute atomic E-state index is 12.0. The second-order valence-corrected chi connectivity index (χ2v) is 4.92. The number of cyclic esters (lactones) is 1. The molecule has 0 fully saturated rings. The quantitative estimate of drug-likeness (QED) is 0.501. The zero-order valence-electron chi connectivity index (χ0n) is 11.7. The minimum absolute atomic E-state index is 0.0387. The third-order valence-corrected chi connectivity index (χ3v) is 3.33. The molecule has 0 amide bonds. The molecule has 6 heteroatoms. The van der Waals surface area contributed by atoms with Crippen LogP contribution in [0.1, 0.15) is 11.1 Å². The summed E-state index contributed by atoms with van der Waals surface area (Å²) in [5, 5.41) is 38.3. The smallest absolute Gasteiger partial charge is 0.348 e.